The maximum Gasteiger partial charge on any atom is 0.316 e. The second-order valence-corrected chi connectivity index (χ2v) is 4.26. The fourth-order valence-electron chi connectivity index (χ4n) is 1.65. The number of hydrogen-bond acceptors (Lipinski definition) is 4. The molecular weight excluding hydrogens is 214 g/mol. The van der Waals surface area contributed by atoms with Crippen LogP contribution in [-0.2, 0) is 6.54 Å². The minimum atomic E-state index is 0.423. The van der Waals surface area contributed by atoms with Crippen molar-refractivity contribution in [3.8, 4) is 6.01 Å². The van der Waals surface area contributed by atoms with Crippen molar-refractivity contribution >= 4 is 0 Å². The van der Waals surface area contributed by atoms with Crippen LogP contribution in [0.3, 0.4) is 0 Å². The number of nitrogens with zero attached hydrogens (tertiary/aromatic N) is 2. The number of rotatable bonds is 8. The number of aromatic nitrogens is 2. The minimum absolute atomic E-state index is 0.423. The van der Waals surface area contributed by atoms with Gasteiger partial charge in [-0.1, -0.05) is 33.1 Å². The van der Waals surface area contributed by atoms with Crippen LogP contribution in [0, 0.1) is 5.92 Å². The van der Waals surface area contributed by atoms with Gasteiger partial charge in [0.2, 0.25) is 0 Å². The summed E-state index contributed by atoms with van der Waals surface area (Å²) in [5, 5.41) is 0. The first-order valence-electron chi connectivity index (χ1n) is 6.44. The Labute approximate surface area is 104 Å². The molecule has 4 heteroatoms. The van der Waals surface area contributed by atoms with E-state index in [9.17, 15) is 0 Å². The fraction of sp³-hybridized carbons (Fsp3) is 0.692. The molecular formula is C13H23N3O. The first-order chi connectivity index (χ1) is 8.30. The molecule has 0 aliphatic carbocycles. The van der Waals surface area contributed by atoms with Crippen LogP contribution in [0.2, 0.25) is 0 Å². The van der Waals surface area contributed by atoms with Gasteiger partial charge in [0.05, 0.1) is 12.3 Å². The molecule has 0 saturated heterocycles. The van der Waals surface area contributed by atoms with Crippen molar-refractivity contribution < 1.29 is 4.74 Å². The first kappa shape index (κ1) is 13.9. The van der Waals surface area contributed by atoms with Crippen molar-refractivity contribution in [3.05, 3.63) is 18.0 Å². The van der Waals surface area contributed by atoms with Gasteiger partial charge in [0, 0.05) is 12.7 Å². The molecule has 1 heterocycles. The third kappa shape index (κ3) is 5.13. The molecule has 0 bridgehead atoms. The third-order valence-electron chi connectivity index (χ3n) is 2.89. The van der Waals surface area contributed by atoms with Gasteiger partial charge in [-0.2, -0.15) is 4.98 Å². The lowest BCUT2D eigenvalue weighted by Crippen LogP contribution is -2.13. The summed E-state index contributed by atoms with van der Waals surface area (Å²) in [6.45, 7) is 5.53. The van der Waals surface area contributed by atoms with Crippen LogP contribution in [0.1, 0.15) is 45.2 Å². The third-order valence-corrected chi connectivity index (χ3v) is 2.89. The van der Waals surface area contributed by atoms with Crippen molar-refractivity contribution in [3.63, 3.8) is 0 Å². The van der Waals surface area contributed by atoms with Gasteiger partial charge in [-0.15, -0.1) is 0 Å². The smallest absolute Gasteiger partial charge is 0.316 e. The molecule has 1 rings (SSSR count). The average molecular weight is 237 g/mol. The van der Waals surface area contributed by atoms with Crippen LogP contribution in [0.15, 0.2) is 12.3 Å². The van der Waals surface area contributed by atoms with E-state index in [-0.39, 0.29) is 0 Å². The second-order valence-electron chi connectivity index (χ2n) is 4.26. The van der Waals surface area contributed by atoms with Crippen molar-refractivity contribution in [2.24, 2.45) is 11.7 Å². The summed E-state index contributed by atoms with van der Waals surface area (Å²) in [5.41, 5.74) is 6.34. The highest BCUT2D eigenvalue weighted by Gasteiger charge is 2.08. The summed E-state index contributed by atoms with van der Waals surface area (Å²) < 4.78 is 5.62. The molecule has 0 spiro atoms. The van der Waals surface area contributed by atoms with Crippen LogP contribution >= 0.6 is 0 Å². The van der Waals surface area contributed by atoms with Crippen molar-refractivity contribution in [2.45, 2.75) is 46.1 Å². The lowest BCUT2D eigenvalue weighted by Gasteiger charge is -2.14. The first-order valence-corrected chi connectivity index (χ1v) is 6.44. The highest BCUT2D eigenvalue weighted by molar-refractivity contribution is 5.04. The van der Waals surface area contributed by atoms with Gasteiger partial charge in [-0.25, -0.2) is 4.98 Å². The van der Waals surface area contributed by atoms with E-state index >= 15 is 0 Å². The normalized spacial score (nSPS) is 12.4. The van der Waals surface area contributed by atoms with Crippen LogP contribution in [-0.4, -0.2) is 16.6 Å². The highest BCUT2D eigenvalue weighted by Crippen LogP contribution is 2.14. The lowest BCUT2D eigenvalue weighted by molar-refractivity contribution is 0.217. The Kier molecular flexibility index (Phi) is 6.55. The zero-order valence-electron chi connectivity index (χ0n) is 10.9. The van der Waals surface area contributed by atoms with Crippen molar-refractivity contribution in [2.75, 3.05) is 6.61 Å². The van der Waals surface area contributed by atoms with E-state index < -0.39 is 0 Å². The lowest BCUT2D eigenvalue weighted by atomic mass is 10.0. The molecule has 0 aromatic carbocycles. The summed E-state index contributed by atoms with van der Waals surface area (Å²) in [5.74, 6) is 0.597. The largest absolute Gasteiger partial charge is 0.463 e. The summed E-state index contributed by atoms with van der Waals surface area (Å²) in [6.07, 6.45) is 6.53. The molecule has 0 saturated carbocycles. The molecule has 1 unspecified atom stereocenters. The Morgan fingerprint density at radius 1 is 1.41 bits per heavy atom. The molecule has 1 aromatic rings. The Hall–Kier alpha value is -1.16. The molecule has 96 valence electrons. The summed E-state index contributed by atoms with van der Waals surface area (Å²) in [7, 11) is 0. The second kappa shape index (κ2) is 8.01. The topological polar surface area (TPSA) is 61.0 Å². The molecule has 4 nitrogen and oxygen atoms in total. The maximum absolute atomic E-state index is 5.62. The zero-order valence-corrected chi connectivity index (χ0v) is 10.9. The molecule has 1 atom stereocenters. The number of nitrogens with two attached hydrogens (primary N) is 1. The van der Waals surface area contributed by atoms with Crippen LogP contribution in [0.5, 0.6) is 6.01 Å². The minimum Gasteiger partial charge on any atom is -0.463 e. The Balaban J connectivity index is 2.41. The molecule has 0 radical (unpaired) electrons. The molecule has 0 aliphatic rings. The van der Waals surface area contributed by atoms with Gasteiger partial charge in [0.15, 0.2) is 0 Å². The quantitative estimate of drug-likeness (QED) is 0.754. The zero-order chi connectivity index (χ0) is 12.5. The number of ether oxygens (including phenoxy) is 1. The number of hydrogen-bond donors (Lipinski definition) is 1. The van der Waals surface area contributed by atoms with Crippen LogP contribution < -0.4 is 10.5 Å². The van der Waals surface area contributed by atoms with E-state index in [0.29, 0.717) is 25.1 Å². The van der Waals surface area contributed by atoms with E-state index in [1.54, 1.807) is 12.3 Å². The average Bonchev–Trinajstić information content (AvgIpc) is 2.39. The van der Waals surface area contributed by atoms with Crippen molar-refractivity contribution in [1.29, 1.82) is 0 Å². The van der Waals surface area contributed by atoms with Gasteiger partial charge in [-0.3, -0.25) is 0 Å². The van der Waals surface area contributed by atoms with E-state index in [2.05, 4.69) is 23.8 Å². The van der Waals surface area contributed by atoms with Gasteiger partial charge in [-0.05, 0) is 18.4 Å². The fourth-order valence-corrected chi connectivity index (χ4v) is 1.65. The Morgan fingerprint density at radius 2 is 2.24 bits per heavy atom. The van der Waals surface area contributed by atoms with Crippen molar-refractivity contribution in [1.82, 2.24) is 9.97 Å². The van der Waals surface area contributed by atoms with E-state index in [4.69, 9.17) is 10.5 Å². The van der Waals surface area contributed by atoms with E-state index in [1.807, 2.05) is 0 Å². The van der Waals surface area contributed by atoms with Crippen LogP contribution in [0.4, 0.5) is 0 Å². The van der Waals surface area contributed by atoms with Gasteiger partial charge >= 0.3 is 6.01 Å². The predicted octanol–water partition coefficient (Wildman–Crippen LogP) is 2.53. The summed E-state index contributed by atoms with van der Waals surface area (Å²) in [4.78, 5) is 8.30. The molecule has 1 aromatic heterocycles. The highest BCUT2D eigenvalue weighted by atomic mass is 16.5. The Bertz CT molecular complexity index is 317. The molecule has 0 aliphatic heterocycles. The Morgan fingerprint density at radius 3 is 2.88 bits per heavy atom. The predicted molar refractivity (Wildman–Crippen MR) is 68.7 cm³/mol. The number of unbranched alkanes of at least 4 members (excludes halogenated alkanes) is 1. The molecule has 0 amide bonds. The maximum atomic E-state index is 5.62. The van der Waals surface area contributed by atoms with Crippen LogP contribution in [0.25, 0.3) is 0 Å². The summed E-state index contributed by atoms with van der Waals surface area (Å²) >= 11 is 0. The van der Waals surface area contributed by atoms with E-state index in [0.717, 1.165) is 12.1 Å². The standard InChI is InChI=1S/C13H23N3O/c1-3-5-6-11(4-2)10-17-13-15-8-7-12(9-14)16-13/h7-8,11H,3-6,9-10,14H2,1-2H3. The molecule has 2 N–H and O–H groups in total. The molecule has 17 heavy (non-hydrogen) atoms. The molecule has 0 fully saturated rings. The SMILES string of the molecule is CCCCC(CC)COc1nccc(CN)n1. The monoisotopic (exact) mass is 237 g/mol. The van der Waals surface area contributed by atoms with Gasteiger partial charge < -0.3 is 10.5 Å². The van der Waals surface area contributed by atoms with Gasteiger partial charge in [0.1, 0.15) is 0 Å². The van der Waals surface area contributed by atoms with E-state index in [1.165, 1.54) is 19.3 Å². The summed E-state index contributed by atoms with van der Waals surface area (Å²) in [6, 6.07) is 2.25. The van der Waals surface area contributed by atoms with Gasteiger partial charge in [0.25, 0.3) is 0 Å².